The van der Waals surface area contributed by atoms with E-state index in [0.717, 1.165) is 17.8 Å². The lowest BCUT2D eigenvalue weighted by atomic mass is 10.2. The molecule has 0 fully saturated rings. The number of halogens is 3. The molecule has 1 heterocycles. The summed E-state index contributed by atoms with van der Waals surface area (Å²) in [5.74, 6) is -0.955. The second kappa shape index (κ2) is 6.83. The summed E-state index contributed by atoms with van der Waals surface area (Å²) in [6.07, 6.45) is -1.21. The number of benzene rings is 1. The van der Waals surface area contributed by atoms with Gasteiger partial charge in [-0.3, -0.25) is 4.79 Å². The molecule has 0 radical (unpaired) electrons. The first-order valence-electron chi connectivity index (χ1n) is 6.44. The number of amides is 1. The minimum atomic E-state index is -4.89. The molecule has 1 aromatic carbocycles. The lowest BCUT2D eigenvalue weighted by Crippen LogP contribution is -2.18. The van der Waals surface area contributed by atoms with Crippen molar-refractivity contribution in [2.24, 2.45) is 0 Å². The fraction of sp³-hybridized carbons (Fsp3) is 0.214. The van der Waals surface area contributed by atoms with E-state index in [1.165, 1.54) is 12.4 Å². The van der Waals surface area contributed by atoms with Crippen molar-refractivity contribution in [3.05, 3.63) is 42.0 Å². The number of ether oxygens (including phenoxy) is 1. The average Bonchev–Trinajstić information content (AvgIpc) is 2.98. The number of carbonyl (C=O) groups excluding carboxylic acids is 1. The van der Waals surface area contributed by atoms with E-state index in [1.54, 1.807) is 12.3 Å². The number of rotatable bonds is 5. The quantitative estimate of drug-likeness (QED) is 0.885. The van der Waals surface area contributed by atoms with Gasteiger partial charge in [0.15, 0.2) is 0 Å². The van der Waals surface area contributed by atoms with Crippen LogP contribution in [0.1, 0.15) is 17.7 Å². The number of H-pyrrole nitrogens is 1. The third kappa shape index (κ3) is 5.03. The summed E-state index contributed by atoms with van der Waals surface area (Å²) in [7, 11) is 0. The minimum absolute atomic E-state index is 0.158. The molecular weight excluding hydrogens is 313 g/mol. The predicted octanol–water partition coefficient (Wildman–Crippen LogP) is 2.75. The average molecular weight is 324 g/mol. The van der Waals surface area contributed by atoms with Gasteiger partial charge < -0.3 is 15.0 Å². The summed E-state index contributed by atoms with van der Waals surface area (Å²) in [6, 6.07) is 4.93. The van der Waals surface area contributed by atoms with Crippen molar-refractivity contribution in [1.29, 1.82) is 5.26 Å². The van der Waals surface area contributed by atoms with Gasteiger partial charge in [-0.1, -0.05) is 0 Å². The van der Waals surface area contributed by atoms with Crippen molar-refractivity contribution < 1.29 is 22.7 Å². The minimum Gasteiger partial charge on any atom is -0.404 e. The van der Waals surface area contributed by atoms with Crippen LogP contribution in [0.3, 0.4) is 0 Å². The number of nitrogens with one attached hydrogen (secondary N) is 2. The van der Waals surface area contributed by atoms with Crippen molar-refractivity contribution in [2.75, 3.05) is 5.32 Å². The Morgan fingerprint density at radius 2 is 2.22 bits per heavy atom. The third-order valence-corrected chi connectivity index (χ3v) is 2.79. The number of aromatic nitrogens is 2. The van der Waals surface area contributed by atoms with Crippen LogP contribution in [0.25, 0.3) is 0 Å². The van der Waals surface area contributed by atoms with Crippen molar-refractivity contribution in [2.45, 2.75) is 19.2 Å². The summed E-state index contributed by atoms with van der Waals surface area (Å²) < 4.78 is 40.3. The zero-order chi connectivity index (χ0) is 16.9. The van der Waals surface area contributed by atoms with Gasteiger partial charge >= 0.3 is 6.36 Å². The molecule has 1 aromatic heterocycles. The van der Waals surface area contributed by atoms with E-state index in [9.17, 15) is 18.0 Å². The van der Waals surface area contributed by atoms with E-state index in [4.69, 9.17) is 5.26 Å². The first-order valence-corrected chi connectivity index (χ1v) is 6.44. The van der Waals surface area contributed by atoms with E-state index in [1.807, 2.05) is 0 Å². The first-order chi connectivity index (χ1) is 10.9. The standard InChI is InChI=1S/C14H11F3N4O2/c15-14(16,17)23-12-3-1-10(5-9(12)6-18)21-13(22)4-2-11-7-19-8-20-11/h1,3,5,7-8H,2,4H2,(H,19,20)(H,21,22). The highest BCUT2D eigenvalue weighted by molar-refractivity contribution is 5.91. The van der Waals surface area contributed by atoms with Crippen LogP contribution in [-0.4, -0.2) is 22.2 Å². The van der Waals surface area contributed by atoms with Crippen LogP contribution >= 0.6 is 0 Å². The summed E-state index contributed by atoms with van der Waals surface area (Å²) >= 11 is 0. The molecule has 6 nitrogen and oxygen atoms in total. The van der Waals surface area contributed by atoms with Crippen molar-refractivity contribution in [3.8, 4) is 11.8 Å². The topological polar surface area (TPSA) is 90.8 Å². The van der Waals surface area contributed by atoms with E-state index < -0.39 is 12.1 Å². The Balaban J connectivity index is 2.00. The molecule has 0 bridgehead atoms. The molecule has 1 amide bonds. The van der Waals surface area contributed by atoms with Gasteiger partial charge in [0.25, 0.3) is 0 Å². The highest BCUT2D eigenvalue weighted by Crippen LogP contribution is 2.28. The Labute approximate surface area is 128 Å². The molecule has 23 heavy (non-hydrogen) atoms. The predicted molar refractivity (Wildman–Crippen MR) is 73.4 cm³/mol. The molecule has 2 aromatic rings. The van der Waals surface area contributed by atoms with Gasteiger partial charge in [0, 0.05) is 24.0 Å². The number of nitriles is 1. The number of nitrogens with zero attached hydrogens (tertiary/aromatic N) is 2. The fourth-order valence-electron chi connectivity index (χ4n) is 1.80. The van der Waals surface area contributed by atoms with Crippen LogP contribution in [0.2, 0.25) is 0 Å². The zero-order valence-corrected chi connectivity index (χ0v) is 11.6. The summed E-state index contributed by atoms with van der Waals surface area (Å²) in [4.78, 5) is 18.4. The fourth-order valence-corrected chi connectivity index (χ4v) is 1.80. The van der Waals surface area contributed by atoms with Gasteiger partial charge in [0.2, 0.25) is 5.91 Å². The molecular formula is C14H11F3N4O2. The van der Waals surface area contributed by atoms with Gasteiger partial charge in [-0.25, -0.2) is 4.98 Å². The van der Waals surface area contributed by atoms with Gasteiger partial charge in [0.1, 0.15) is 11.8 Å². The van der Waals surface area contributed by atoms with Crippen molar-refractivity contribution in [1.82, 2.24) is 9.97 Å². The van der Waals surface area contributed by atoms with Crippen molar-refractivity contribution in [3.63, 3.8) is 0 Å². The zero-order valence-electron chi connectivity index (χ0n) is 11.6. The Morgan fingerprint density at radius 3 is 2.83 bits per heavy atom. The second-order valence-corrected chi connectivity index (χ2v) is 4.50. The third-order valence-electron chi connectivity index (χ3n) is 2.79. The van der Waals surface area contributed by atoms with Crippen LogP contribution in [0.15, 0.2) is 30.7 Å². The molecule has 0 unspecified atom stereocenters. The van der Waals surface area contributed by atoms with Crippen LogP contribution in [0.4, 0.5) is 18.9 Å². The number of hydrogen-bond donors (Lipinski definition) is 2. The second-order valence-electron chi connectivity index (χ2n) is 4.50. The Bertz CT molecular complexity index is 721. The number of imidazole rings is 1. The molecule has 0 aliphatic carbocycles. The highest BCUT2D eigenvalue weighted by Gasteiger charge is 2.32. The SMILES string of the molecule is N#Cc1cc(NC(=O)CCc2cnc[nH]2)ccc1OC(F)(F)F. The maximum atomic E-state index is 12.2. The molecule has 2 N–H and O–H groups in total. The van der Waals surface area contributed by atoms with Crippen LogP contribution in [0, 0.1) is 11.3 Å². The monoisotopic (exact) mass is 324 g/mol. The Morgan fingerprint density at radius 1 is 1.43 bits per heavy atom. The molecule has 0 atom stereocenters. The largest absolute Gasteiger partial charge is 0.573 e. The van der Waals surface area contributed by atoms with Crippen LogP contribution < -0.4 is 10.1 Å². The maximum Gasteiger partial charge on any atom is 0.573 e. The van der Waals surface area contributed by atoms with Gasteiger partial charge in [0.05, 0.1) is 11.9 Å². The van der Waals surface area contributed by atoms with Gasteiger partial charge in [-0.05, 0) is 24.6 Å². The summed E-state index contributed by atoms with van der Waals surface area (Å²) in [5, 5.41) is 11.4. The first kappa shape index (κ1) is 16.4. The molecule has 9 heteroatoms. The van der Waals surface area contributed by atoms with E-state index in [2.05, 4.69) is 20.0 Å². The molecule has 0 aliphatic heterocycles. The summed E-state index contributed by atoms with van der Waals surface area (Å²) in [6.45, 7) is 0. The van der Waals surface area contributed by atoms with Crippen LogP contribution in [-0.2, 0) is 11.2 Å². The molecule has 0 spiro atoms. The number of carbonyl (C=O) groups is 1. The lowest BCUT2D eigenvalue weighted by molar-refractivity contribution is -0.274. The van der Waals surface area contributed by atoms with Gasteiger partial charge in [-0.15, -0.1) is 13.2 Å². The number of anilines is 1. The molecule has 0 saturated carbocycles. The number of alkyl halides is 3. The van der Waals surface area contributed by atoms with E-state index in [0.29, 0.717) is 6.42 Å². The lowest BCUT2D eigenvalue weighted by Gasteiger charge is -2.11. The van der Waals surface area contributed by atoms with E-state index in [-0.39, 0.29) is 23.6 Å². The van der Waals surface area contributed by atoms with Crippen molar-refractivity contribution >= 4 is 11.6 Å². The Hall–Kier alpha value is -3.02. The normalized spacial score (nSPS) is 10.9. The molecule has 0 saturated heterocycles. The molecule has 0 aliphatic rings. The smallest absolute Gasteiger partial charge is 0.404 e. The van der Waals surface area contributed by atoms with Crippen LogP contribution in [0.5, 0.6) is 5.75 Å². The number of aryl methyl sites for hydroxylation is 1. The highest BCUT2D eigenvalue weighted by atomic mass is 19.4. The van der Waals surface area contributed by atoms with E-state index >= 15 is 0 Å². The number of hydrogen-bond acceptors (Lipinski definition) is 4. The summed E-state index contributed by atoms with van der Waals surface area (Å²) in [5.41, 5.74) is 0.672. The molecule has 2 rings (SSSR count). The Kier molecular flexibility index (Phi) is 4.85. The molecule has 120 valence electrons. The number of aromatic amines is 1. The van der Waals surface area contributed by atoms with Gasteiger partial charge in [-0.2, -0.15) is 5.26 Å². The maximum absolute atomic E-state index is 12.2.